The van der Waals surface area contributed by atoms with E-state index in [-0.39, 0.29) is 42.2 Å². The van der Waals surface area contributed by atoms with Crippen LogP contribution in [-0.2, 0) is 4.74 Å². The summed E-state index contributed by atoms with van der Waals surface area (Å²) in [4.78, 5) is 0. The molecule has 1 N–H and O–H groups in total. The molecule has 7 heavy (non-hydrogen) atoms. The quantitative estimate of drug-likeness (QED) is 0.691. The van der Waals surface area contributed by atoms with Crippen LogP contribution in [0.3, 0.4) is 0 Å². The zero-order valence-electron chi connectivity index (χ0n) is 4.55. The van der Waals surface area contributed by atoms with Crippen molar-refractivity contribution in [2.75, 3.05) is 20.3 Å². The normalized spacial score (nSPS) is 7.71. The van der Waals surface area contributed by atoms with Crippen molar-refractivity contribution in [2.45, 2.75) is 6.42 Å². The summed E-state index contributed by atoms with van der Waals surface area (Å²) >= 11 is 0. The molecule has 0 bridgehead atoms. The average Bonchev–Trinajstić information content (AvgIpc) is 1.61. The van der Waals surface area contributed by atoms with Gasteiger partial charge in [-0.2, -0.15) is 0 Å². The van der Waals surface area contributed by atoms with Crippen molar-refractivity contribution in [2.24, 2.45) is 0 Å². The van der Waals surface area contributed by atoms with Crippen molar-refractivity contribution < 1.29 is 45.4 Å². The van der Waals surface area contributed by atoms with Gasteiger partial charge in [-0.05, 0) is 6.42 Å². The molecule has 0 rings (SSSR count). The summed E-state index contributed by atoms with van der Waals surface area (Å²) < 4.78 is 4.62. The summed E-state index contributed by atoms with van der Waals surface area (Å²) in [6.07, 6.45) is 0.747. The summed E-state index contributed by atoms with van der Waals surface area (Å²) in [6, 6.07) is 0. The summed E-state index contributed by atoms with van der Waals surface area (Å²) in [6.45, 7) is 0.893. The van der Waals surface area contributed by atoms with Gasteiger partial charge < -0.3 is 9.84 Å². The molecule has 0 spiro atoms. The molecule has 0 amide bonds. The maximum absolute atomic E-state index is 8.12. The van der Waals surface area contributed by atoms with E-state index in [1.165, 1.54) is 0 Å². The van der Waals surface area contributed by atoms with Gasteiger partial charge in [-0.15, -0.1) is 0 Å². The van der Waals surface area contributed by atoms with E-state index in [0.29, 0.717) is 6.61 Å². The molecule has 0 saturated carbocycles. The first-order valence-corrected chi connectivity index (χ1v) is 2.01. The largest absolute Gasteiger partial charge is 0.396 e. The van der Waals surface area contributed by atoms with E-state index in [2.05, 4.69) is 4.74 Å². The summed E-state index contributed by atoms with van der Waals surface area (Å²) in [5.41, 5.74) is 0. The molecule has 0 saturated heterocycles. The van der Waals surface area contributed by atoms with Crippen molar-refractivity contribution >= 4 is 0 Å². The summed E-state index contributed by atoms with van der Waals surface area (Å²) in [5, 5.41) is 8.12. The zero-order chi connectivity index (χ0) is 4.83. The zero-order valence-corrected chi connectivity index (χ0v) is 8.18. The maximum atomic E-state index is 8.12. The van der Waals surface area contributed by atoms with Gasteiger partial charge in [-0.25, -0.2) is 0 Å². The number of hydrogen-bond donors (Lipinski definition) is 1. The molecule has 0 aliphatic heterocycles. The number of hydrogen-bond acceptors (Lipinski definition) is 2. The predicted molar refractivity (Wildman–Crippen MR) is 23.6 cm³/mol. The molecule has 1 radical (unpaired) electrons. The first-order valence-electron chi connectivity index (χ1n) is 2.01. The van der Waals surface area contributed by atoms with Gasteiger partial charge in [-0.3, -0.25) is 0 Å². The van der Waals surface area contributed by atoms with Crippen LogP contribution < -0.4 is 0 Å². The second-order valence-electron chi connectivity index (χ2n) is 1.07. The van der Waals surface area contributed by atoms with E-state index >= 15 is 0 Å². The van der Waals surface area contributed by atoms with Gasteiger partial charge in [-0.1, -0.05) is 0 Å². The van der Waals surface area contributed by atoms with Gasteiger partial charge in [0.25, 0.3) is 0 Å². The van der Waals surface area contributed by atoms with Gasteiger partial charge in [0, 0.05) is 55.9 Å². The van der Waals surface area contributed by atoms with Gasteiger partial charge in [0.05, 0.1) is 0 Å². The molecular formula is C4H10LaO2. The second kappa shape index (κ2) is 10.2. The Morgan fingerprint density at radius 1 is 1.57 bits per heavy atom. The van der Waals surface area contributed by atoms with E-state index in [1.807, 2.05) is 0 Å². The number of aliphatic hydroxyl groups excluding tert-OH is 1. The molecular weight excluding hydrogens is 219 g/mol. The van der Waals surface area contributed by atoms with Gasteiger partial charge >= 0.3 is 0 Å². The molecule has 3 heteroatoms. The topological polar surface area (TPSA) is 29.5 Å². The molecule has 0 unspecified atom stereocenters. The van der Waals surface area contributed by atoms with E-state index < -0.39 is 0 Å². The number of rotatable bonds is 3. The Hall–Kier alpha value is 1.11. The third-order valence-corrected chi connectivity index (χ3v) is 0.507. The standard InChI is InChI=1S/C4H10O2.La/c1-6-4-2-3-5;/h5H,2-4H2,1H3;. The Kier molecular flexibility index (Phi) is 16.0. The molecule has 0 aromatic carbocycles. The molecule has 0 aromatic rings. The van der Waals surface area contributed by atoms with Gasteiger partial charge in [0.1, 0.15) is 0 Å². The molecule has 41 valence electrons. The molecule has 0 aliphatic rings. The minimum atomic E-state index is 0. The van der Waals surface area contributed by atoms with Crippen LogP contribution in [-0.4, -0.2) is 25.4 Å². The fraction of sp³-hybridized carbons (Fsp3) is 1.00. The van der Waals surface area contributed by atoms with Crippen LogP contribution >= 0.6 is 0 Å². The second-order valence-corrected chi connectivity index (χ2v) is 1.07. The molecule has 2 nitrogen and oxygen atoms in total. The average molecular weight is 229 g/mol. The van der Waals surface area contributed by atoms with Crippen molar-refractivity contribution in [3.63, 3.8) is 0 Å². The Morgan fingerprint density at radius 2 is 2.14 bits per heavy atom. The van der Waals surface area contributed by atoms with E-state index in [0.717, 1.165) is 6.42 Å². The van der Waals surface area contributed by atoms with Crippen LogP contribution in [0.5, 0.6) is 0 Å². The van der Waals surface area contributed by atoms with Crippen LogP contribution in [0.15, 0.2) is 0 Å². The fourth-order valence-electron chi connectivity index (χ4n) is 0.209. The van der Waals surface area contributed by atoms with Crippen molar-refractivity contribution in [3.05, 3.63) is 0 Å². The molecule has 0 fully saturated rings. The molecule has 0 heterocycles. The smallest absolute Gasteiger partial charge is 0.0484 e. The van der Waals surface area contributed by atoms with Crippen molar-refractivity contribution in [1.82, 2.24) is 0 Å². The van der Waals surface area contributed by atoms with Crippen LogP contribution in [0.1, 0.15) is 6.42 Å². The van der Waals surface area contributed by atoms with E-state index in [4.69, 9.17) is 5.11 Å². The van der Waals surface area contributed by atoms with Crippen LogP contribution in [0.2, 0.25) is 0 Å². The van der Waals surface area contributed by atoms with Crippen LogP contribution in [0.25, 0.3) is 0 Å². The third-order valence-electron chi connectivity index (χ3n) is 0.507. The van der Waals surface area contributed by atoms with Crippen molar-refractivity contribution in [1.29, 1.82) is 0 Å². The monoisotopic (exact) mass is 229 g/mol. The minimum absolute atomic E-state index is 0. The molecule has 0 aromatic heterocycles. The van der Waals surface area contributed by atoms with Gasteiger partial charge in [0.2, 0.25) is 0 Å². The number of methoxy groups -OCH3 is 1. The van der Waals surface area contributed by atoms with Gasteiger partial charge in [0.15, 0.2) is 0 Å². The Balaban J connectivity index is 0. The van der Waals surface area contributed by atoms with Crippen molar-refractivity contribution in [3.8, 4) is 0 Å². The number of aliphatic hydroxyl groups is 1. The third kappa shape index (κ3) is 11.0. The molecule has 0 atom stereocenters. The van der Waals surface area contributed by atoms with E-state index in [9.17, 15) is 0 Å². The fourth-order valence-corrected chi connectivity index (χ4v) is 0.209. The van der Waals surface area contributed by atoms with E-state index in [1.54, 1.807) is 7.11 Å². The first kappa shape index (κ1) is 11.0. The number of ether oxygens (including phenoxy) is 1. The molecule has 0 aliphatic carbocycles. The SMILES string of the molecule is COCCCO.[La]. The van der Waals surface area contributed by atoms with Crippen LogP contribution in [0.4, 0.5) is 0 Å². The van der Waals surface area contributed by atoms with Crippen LogP contribution in [0, 0.1) is 35.6 Å². The Morgan fingerprint density at radius 3 is 2.29 bits per heavy atom. The Labute approximate surface area is 71.8 Å². The first-order chi connectivity index (χ1) is 2.91. The predicted octanol–water partition coefficient (Wildman–Crippen LogP) is 0.0152. The summed E-state index contributed by atoms with van der Waals surface area (Å²) in [7, 11) is 1.62. The Bertz CT molecular complexity index is 21.7. The maximum Gasteiger partial charge on any atom is 0.0484 e. The summed E-state index contributed by atoms with van der Waals surface area (Å²) in [5.74, 6) is 0. The minimum Gasteiger partial charge on any atom is -0.396 e.